The summed E-state index contributed by atoms with van der Waals surface area (Å²) in [7, 11) is 7.28. The Labute approximate surface area is 142 Å². The zero-order chi connectivity index (χ0) is 16.8. The Balaban J connectivity index is 2.24. The van der Waals surface area contributed by atoms with E-state index in [2.05, 4.69) is 19.0 Å². The highest BCUT2D eigenvalue weighted by atomic mass is 32.2. The van der Waals surface area contributed by atoms with Crippen LogP contribution in [-0.4, -0.2) is 74.7 Å². The van der Waals surface area contributed by atoms with Gasteiger partial charge in [-0.1, -0.05) is 0 Å². The molecule has 0 saturated carbocycles. The van der Waals surface area contributed by atoms with Crippen LogP contribution in [0.2, 0.25) is 0 Å². The van der Waals surface area contributed by atoms with Crippen molar-refractivity contribution < 1.29 is 14.3 Å². The van der Waals surface area contributed by atoms with Crippen LogP contribution in [0.5, 0.6) is 11.5 Å². The Morgan fingerprint density at radius 1 is 1.30 bits per heavy atom. The molecule has 1 aromatic carbocycles. The van der Waals surface area contributed by atoms with E-state index in [9.17, 15) is 4.79 Å². The molecular weight excluding hydrogens is 312 g/mol. The van der Waals surface area contributed by atoms with Crippen molar-refractivity contribution in [1.29, 1.82) is 0 Å². The number of benzene rings is 1. The molecule has 1 aromatic rings. The van der Waals surface area contributed by atoms with Gasteiger partial charge in [-0.05, 0) is 44.5 Å². The second-order valence-electron chi connectivity index (χ2n) is 5.91. The normalized spacial score (nSPS) is 18.7. The van der Waals surface area contributed by atoms with Gasteiger partial charge in [-0.25, -0.2) is 0 Å². The second kappa shape index (κ2) is 8.45. The molecule has 0 spiro atoms. The van der Waals surface area contributed by atoms with Crippen molar-refractivity contribution in [2.45, 2.75) is 12.5 Å². The van der Waals surface area contributed by atoms with Crippen LogP contribution in [0.1, 0.15) is 16.8 Å². The largest absolute Gasteiger partial charge is 0.493 e. The van der Waals surface area contributed by atoms with Crippen molar-refractivity contribution in [1.82, 2.24) is 9.80 Å². The number of ether oxygens (including phenoxy) is 2. The molecule has 23 heavy (non-hydrogen) atoms. The molecule has 5 nitrogen and oxygen atoms in total. The van der Waals surface area contributed by atoms with Crippen LogP contribution in [0.3, 0.4) is 0 Å². The molecule has 0 N–H and O–H groups in total. The van der Waals surface area contributed by atoms with Gasteiger partial charge < -0.3 is 19.3 Å². The minimum absolute atomic E-state index is 0.0697. The van der Waals surface area contributed by atoms with E-state index in [1.54, 1.807) is 26.4 Å². The molecule has 1 atom stereocenters. The van der Waals surface area contributed by atoms with Crippen molar-refractivity contribution in [2.75, 3.05) is 52.9 Å². The molecular formula is C17H26N2O3S. The van der Waals surface area contributed by atoms with E-state index in [-0.39, 0.29) is 11.9 Å². The van der Waals surface area contributed by atoms with Gasteiger partial charge >= 0.3 is 0 Å². The Morgan fingerprint density at radius 2 is 2.04 bits per heavy atom. The van der Waals surface area contributed by atoms with E-state index < -0.39 is 0 Å². The standard InChI is InChI=1S/C17H26N2O3S/c1-18(2)11-14-12-23-9-5-8-19(14)17(20)13-6-7-15(21-3)16(10-13)22-4/h6-7,10,14H,5,8-9,11-12H2,1-4H3. The van der Waals surface area contributed by atoms with Crippen molar-refractivity contribution in [3.63, 3.8) is 0 Å². The maximum Gasteiger partial charge on any atom is 0.254 e. The highest BCUT2D eigenvalue weighted by Gasteiger charge is 2.27. The topological polar surface area (TPSA) is 42.0 Å². The number of amides is 1. The van der Waals surface area contributed by atoms with E-state index in [1.807, 2.05) is 22.7 Å². The third-order valence-corrected chi connectivity index (χ3v) is 5.10. The van der Waals surface area contributed by atoms with Crippen molar-refractivity contribution >= 4 is 17.7 Å². The number of methoxy groups -OCH3 is 2. The highest BCUT2D eigenvalue weighted by Crippen LogP contribution is 2.29. The lowest BCUT2D eigenvalue weighted by Gasteiger charge is -2.32. The van der Waals surface area contributed by atoms with Crippen LogP contribution >= 0.6 is 11.8 Å². The maximum atomic E-state index is 13.0. The van der Waals surface area contributed by atoms with Gasteiger partial charge in [0.1, 0.15) is 0 Å². The molecule has 1 saturated heterocycles. The van der Waals surface area contributed by atoms with E-state index in [0.29, 0.717) is 17.1 Å². The van der Waals surface area contributed by atoms with Crippen LogP contribution in [-0.2, 0) is 0 Å². The fourth-order valence-corrected chi connectivity index (χ4v) is 3.86. The summed E-state index contributed by atoms with van der Waals surface area (Å²) in [6.07, 6.45) is 1.04. The predicted molar refractivity (Wildman–Crippen MR) is 94.9 cm³/mol. The lowest BCUT2D eigenvalue weighted by atomic mass is 10.1. The lowest BCUT2D eigenvalue weighted by Crippen LogP contribution is -2.46. The summed E-state index contributed by atoms with van der Waals surface area (Å²) in [5, 5.41) is 0. The molecule has 1 fully saturated rings. The van der Waals surface area contributed by atoms with Gasteiger partial charge in [-0.2, -0.15) is 11.8 Å². The molecule has 0 radical (unpaired) electrons. The van der Waals surface area contributed by atoms with E-state index in [4.69, 9.17) is 9.47 Å². The van der Waals surface area contributed by atoms with Gasteiger partial charge in [0.2, 0.25) is 0 Å². The molecule has 0 aromatic heterocycles. The van der Waals surface area contributed by atoms with Crippen LogP contribution < -0.4 is 9.47 Å². The molecule has 1 aliphatic heterocycles. The summed E-state index contributed by atoms with van der Waals surface area (Å²) < 4.78 is 10.6. The Bertz CT molecular complexity index is 537. The first-order valence-corrected chi connectivity index (χ1v) is 8.97. The van der Waals surface area contributed by atoms with Crippen molar-refractivity contribution in [2.24, 2.45) is 0 Å². The molecule has 2 rings (SSSR count). The number of rotatable bonds is 5. The zero-order valence-corrected chi connectivity index (χ0v) is 15.2. The van der Waals surface area contributed by atoms with Gasteiger partial charge in [0.05, 0.1) is 20.3 Å². The average molecular weight is 338 g/mol. The van der Waals surface area contributed by atoms with E-state index in [0.717, 1.165) is 31.0 Å². The molecule has 0 aliphatic carbocycles. The minimum Gasteiger partial charge on any atom is -0.493 e. The van der Waals surface area contributed by atoms with Gasteiger partial charge in [-0.15, -0.1) is 0 Å². The molecule has 1 heterocycles. The molecule has 1 unspecified atom stereocenters. The van der Waals surface area contributed by atoms with Crippen LogP contribution in [0.15, 0.2) is 18.2 Å². The number of hydrogen-bond donors (Lipinski definition) is 0. The Hall–Kier alpha value is -1.40. The molecule has 1 aliphatic rings. The SMILES string of the molecule is COc1ccc(C(=O)N2CCCSCC2CN(C)C)cc1OC. The maximum absolute atomic E-state index is 13.0. The fraction of sp³-hybridized carbons (Fsp3) is 0.588. The lowest BCUT2D eigenvalue weighted by molar-refractivity contribution is 0.0675. The summed E-state index contributed by atoms with van der Waals surface area (Å²) >= 11 is 1.93. The third kappa shape index (κ3) is 4.54. The summed E-state index contributed by atoms with van der Waals surface area (Å²) in [6, 6.07) is 5.61. The summed E-state index contributed by atoms with van der Waals surface area (Å²) in [5.41, 5.74) is 0.651. The molecule has 128 valence electrons. The number of hydrogen-bond acceptors (Lipinski definition) is 5. The monoisotopic (exact) mass is 338 g/mol. The molecule has 0 bridgehead atoms. The van der Waals surface area contributed by atoms with Gasteiger partial charge in [0.25, 0.3) is 5.91 Å². The summed E-state index contributed by atoms with van der Waals surface area (Å²) in [4.78, 5) is 17.2. The smallest absolute Gasteiger partial charge is 0.254 e. The van der Waals surface area contributed by atoms with Crippen LogP contribution in [0.25, 0.3) is 0 Å². The Morgan fingerprint density at radius 3 is 2.70 bits per heavy atom. The van der Waals surface area contributed by atoms with E-state index >= 15 is 0 Å². The third-order valence-electron chi connectivity index (χ3n) is 3.91. The zero-order valence-electron chi connectivity index (χ0n) is 14.4. The summed E-state index contributed by atoms with van der Waals surface area (Å²) in [6.45, 7) is 1.69. The quantitative estimate of drug-likeness (QED) is 0.823. The first-order chi connectivity index (χ1) is 11.1. The van der Waals surface area contributed by atoms with Crippen LogP contribution in [0, 0.1) is 0 Å². The van der Waals surface area contributed by atoms with Gasteiger partial charge in [0.15, 0.2) is 11.5 Å². The number of carbonyl (C=O) groups is 1. The van der Waals surface area contributed by atoms with Crippen LogP contribution in [0.4, 0.5) is 0 Å². The Kier molecular flexibility index (Phi) is 6.59. The first kappa shape index (κ1) is 17.9. The van der Waals surface area contributed by atoms with E-state index in [1.165, 1.54) is 0 Å². The number of thioether (sulfide) groups is 1. The molecule has 1 amide bonds. The van der Waals surface area contributed by atoms with Gasteiger partial charge in [-0.3, -0.25) is 4.79 Å². The minimum atomic E-state index is 0.0697. The summed E-state index contributed by atoms with van der Waals surface area (Å²) in [5.74, 6) is 3.39. The average Bonchev–Trinajstić information content (AvgIpc) is 2.78. The predicted octanol–water partition coefficient (Wildman–Crippen LogP) is 2.21. The molecule has 6 heteroatoms. The second-order valence-corrected chi connectivity index (χ2v) is 7.06. The highest BCUT2D eigenvalue weighted by molar-refractivity contribution is 7.99. The number of carbonyl (C=O) groups excluding carboxylic acids is 1. The first-order valence-electron chi connectivity index (χ1n) is 7.82. The van der Waals surface area contributed by atoms with Crippen molar-refractivity contribution in [3.05, 3.63) is 23.8 Å². The number of nitrogens with zero attached hydrogens (tertiary/aromatic N) is 2. The van der Waals surface area contributed by atoms with Gasteiger partial charge in [0, 0.05) is 24.4 Å². The van der Waals surface area contributed by atoms with Crippen molar-refractivity contribution in [3.8, 4) is 11.5 Å². The number of likely N-dealkylation sites (N-methyl/N-ethyl adjacent to an activating group) is 1. The fourth-order valence-electron chi connectivity index (χ4n) is 2.80.